The molecule has 0 unspecified atom stereocenters. The molecule has 2 aromatic heterocycles. The molecule has 0 spiro atoms. The van der Waals surface area contributed by atoms with E-state index in [9.17, 15) is 4.79 Å². The molecule has 0 aliphatic rings. The van der Waals surface area contributed by atoms with E-state index < -0.39 is 0 Å². The van der Waals surface area contributed by atoms with Gasteiger partial charge in [0.25, 0.3) is 0 Å². The topological polar surface area (TPSA) is 81.2 Å². The number of furan rings is 1. The van der Waals surface area contributed by atoms with Gasteiger partial charge in [0.15, 0.2) is 5.76 Å². The van der Waals surface area contributed by atoms with Crippen LogP contribution in [0.15, 0.2) is 27.3 Å². The van der Waals surface area contributed by atoms with Crippen LogP contribution in [0.25, 0.3) is 11.6 Å². The van der Waals surface area contributed by atoms with Crippen LogP contribution in [-0.4, -0.2) is 16.0 Å². The molecule has 0 aromatic carbocycles. The molecule has 2 heterocycles. The zero-order valence-corrected chi connectivity index (χ0v) is 12.1. The van der Waals surface area contributed by atoms with Crippen molar-refractivity contribution < 1.29 is 13.7 Å². The monoisotopic (exact) mass is 277 g/mol. The highest BCUT2D eigenvalue weighted by Crippen LogP contribution is 2.24. The van der Waals surface area contributed by atoms with Gasteiger partial charge in [0.2, 0.25) is 17.6 Å². The molecule has 0 saturated carbocycles. The maximum absolute atomic E-state index is 11.8. The van der Waals surface area contributed by atoms with E-state index in [-0.39, 0.29) is 23.8 Å². The number of carbonyl (C=O) groups excluding carboxylic acids is 1. The summed E-state index contributed by atoms with van der Waals surface area (Å²) in [5.41, 5.74) is 0. The third-order valence-corrected chi connectivity index (χ3v) is 2.94. The van der Waals surface area contributed by atoms with E-state index in [0.29, 0.717) is 17.5 Å². The molecule has 0 saturated heterocycles. The van der Waals surface area contributed by atoms with Crippen molar-refractivity contribution >= 4 is 5.91 Å². The first-order chi connectivity index (χ1) is 9.49. The van der Waals surface area contributed by atoms with Crippen LogP contribution in [0.1, 0.15) is 39.6 Å². The Bertz CT molecular complexity index is 558. The van der Waals surface area contributed by atoms with Crippen LogP contribution >= 0.6 is 0 Å². The second kappa shape index (κ2) is 5.90. The average Bonchev–Trinajstić information content (AvgIpc) is 3.05. The van der Waals surface area contributed by atoms with Gasteiger partial charge in [-0.1, -0.05) is 32.9 Å². The molecule has 2 aromatic rings. The van der Waals surface area contributed by atoms with Crippen LogP contribution < -0.4 is 5.32 Å². The molecule has 0 aliphatic carbocycles. The van der Waals surface area contributed by atoms with E-state index in [1.165, 1.54) is 0 Å². The van der Waals surface area contributed by atoms with Crippen LogP contribution in [0.4, 0.5) is 0 Å². The molecule has 1 amide bonds. The number of nitrogens with zero attached hydrogens (tertiary/aromatic N) is 2. The molecule has 0 aliphatic heterocycles. The van der Waals surface area contributed by atoms with Crippen molar-refractivity contribution in [1.29, 1.82) is 0 Å². The third kappa shape index (κ3) is 3.07. The normalized spacial score (nSPS) is 12.9. The van der Waals surface area contributed by atoms with Gasteiger partial charge < -0.3 is 14.3 Å². The Hall–Kier alpha value is -2.11. The Morgan fingerprint density at radius 3 is 2.60 bits per heavy atom. The predicted molar refractivity (Wildman–Crippen MR) is 72.6 cm³/mol. The molecule has 0 fully saturated rings. The Morgan fingerprint density at radius 2 is 2.05 bits per heavy atom. The van der Waals surface area contributed by atoms with Gasteiger partial charge in [-0.25, -0.2) is 0 Å². The van der Waals surface area contributed by atoms with Crippen molar-refractivity contribution in [3.8, 4) is 11.6 Å². The lowest BCUT2D eigenvalue weighted by Crippen LogP contribution is -2.34. The molecule has 108 valence electrons. The number of aromatic nitrogens is 2. The molecule has 20 heavy (non-hydrogen) atoms. The molecule has 2 rings (SSSR count). The number of amides is 1. The lowest BCUT2D eigenvalue weighted by Gasteiger charge is -2.19. The van der Waals surface area contributed by atoms with Crippen LogP contribution in [0, 0.1) is 11.8 Å². The summed E-state index contributed by atoms with van der Waals surface area (Å²) >= 11 is 0. The summed E-state index contributed by atoms with van der Waals surface area (Å²) in [7, 11) is 0. The Morgan fingerprint density at radius 1 is 1.30 bits per heavy atom. The fraction of sp³-hybridized carbons (Fsp3) is 0.500. The van der Waals surface area contributed by atoms with Gasteiger partial charge in [-0.15, -0.1) is 0 Å². The molecule has 0 bridgehead atoms. The largest absolute Gasteiger partial charge is 0.461 e. The molecule has 1 N–H and O–H groups in total. The van der Waals surface area contributed by atoms with Crippen molar-refractivity contribution in [1.82, 2.24) is 15.5 Å². The van der Waals surface area contributed by atoms with E-state index in [1.54, 1.807) is 18.4 Å². The van der Waals surface area contributed by atoms with Crippen LogP contribution in [-0.2, 0) is 4.79 Å². The molecule has 0 radical (unpaired) electrons. The fourth-order valence-corrected chi connectivity index (χ4v) is 1.70. The second-order valence-corrected chi connectivity index (χ2v) is 5.32. The molecular formula is C14H19N3O3. The summed E-state index contributed by atoms with van der Waals surface area (Å²) in [4.78, 5) is 16.1. The summed E-state index contributed by atoms with van der Waals surface area (Å²) in [6, 6.07) is 3.21. The Labute approximate surface area is 117 Å². The van der Waals surface area contributed by atoms with Gasteiger partial charge in [0, 0.05) is 5.92 Å². The maximum Gasteiger partial charge on any atom is 0.249 e. The summed E-state index contributed by atoms with van der Waals surface area (Å²) < 4.78 is 10.5. The Kier molecular flexibility index (Phi) is 4.22. The molecule has 6 heteroatoms. The number of rotatable bonds is 5. The zero-order valence-electron chi connectivity index (χ0n) is 12.1. The summed E-state index contributed by atoms with van der Waals surface area (Å²) in [6.45, 7) is 7.66. The number of hydrogen-bond donors (Lipinski definition) is 1. The van der Waals surface area contributed by atoms with Crippen molar-refractivity contribution in [2.75, 3.05) is 0 Å². The van der Waals surface area contributed by atoms with Gasteiger partial charge in [-0.3, -0.25) is 4.79 Å². The Balaban J connectivity index is 2.20. The smallest absolute Gasteiger partial charge is 0.249 e. The predicted octanol–water partition coefficient (Wildman–Crippen LogP) is 2.80. The second-order valence-electron chi connectivity index (χ2n) is 5.32. The first kappa shape index (κ1) is 14.3. The SMILES string of the molecule is CC(C)C(=O)N[C@H](c1nc(-c2ccco2)no1)C(C)C. The molecule has 1 atom stereocenters. The summed E-state index contributed by atoms with van der Waals surface area (Å²) in [6.07, 6.45) is 1.55. The molecule has 6 nitrogen and oxygen atoms in total. The lowest BCUT2D eigenvalue weighted by molar-refractivity contribution is -0.125. The number of nitrogens with one attached hydrogen (secondary N) is 1. The minimum Gasteiger partial charge on any atom is -0.461 e. The van der Waals surface area contributed by atoms with E-state index in [0.717, 1.165) is 0 Å². The fourth-order valence-electron chi connectivity index (χ4n) is 1.70. The van der Waals surface area contributed by atoms with Gasteiger partial charge in [-0.2, -0.15) is 4.98 Å². The van der Waals surface area contributed by atoms with Crippen molar-refractivity contribution in [3.63, 3.8) is 0 Å². The van der Waals surface area contributed by atoms with Crippen molar-refractivity contribution in [2.24, 2.45) is 11.8 Å². The lowest BCUT2D eigenvalue weighted by atomic mass is 10.0. The molecular weight excluding hydrogens is 258 g/mol. The van der Waals surface area contributed by atoms with Crippen LogP contribution in [0.5, 0.6) is 0 Å². The first-order valence-corrected chi connectivity index (χ1v) is 6.67. The van der Waals surface area contributed by atoms with E-state index in [4.69, 9.17) is 8.94 Å². The quantitative estimate of drug-likeness (QED) is 0.908. The van der Waals surface area contributed by atoms with Gasteiger partial charge in [0.1, 0.15) is 6.04 Å². The van der Waals surface area contributed by atoms with Crippen molar-refractivity contribution in [3.05, 3.63) is 24.3 Å². The number of carbonyl (C=O) groups is 1. The first-order valence-electron chi connectivity index (χ1n) is 6.67. The highest BCUT2D eigenvalue weighted by molar-refractivity contribution is 5.78. The van der Waals surface area contributed by atoms with Crippen molar-refractivity contribution in [2.45, 2.75) is 33.7 Å². The highest BCUT2D eigenvalue weighted by Gasteiger charge is 2.26. The van der Waals surface area contributed by atoms with E-state index in [1.807, 2.05) is 27.7 Å². The maximum atomic E-state index is 11.8. The van der Waals surface area contributed by atoms with Crippen LogP contribution in [0.3, 0.4) is 0 Å². The van der Waals surface area contributed by atoms with Gasteiger partial charge in [-0.05, 0) is 18.1 Å². The van der Waals surface area contributed by atoms with Crippen LogP contribution in [0.2, 0.25) is 0 Å². The van der Waals surface area contributed by atoms with Gasteiger partial charge in [0.05, 0.1) is 6.26 Å². The van der Waals surface area contributed by atoms with E-state index in [2.05, 4.69) is 15.5 Å². The highest BCUT2D eigenvalue weighted by atomic mass is 16.5. The van der Waals surface area contributed by atoms with Gasteiger partial charge >= 0.3 is 0 Å². The standard InChI is InChI=1S/C14H19N3O3/c1-8(2)11(15-13(18)9(3)4)14-16-12(17-20-14)10-6-5-7-19-10/h5-9,11H,1-4H3,(H,15,18)/t11-/m0/s1. The summed E-state index contributed by atoms with van der Waals surface area (Å²) in [5.74, 6) is 1.32. The minimum absolute atomic E-state index is 0.0403. The third-order valence-electron chi connectivity index (χ3n) is 2.94. The average molecular weight is 277 g/mol. The number of hydrogen-bond acceptors (Lipinski definition) is 5. The van der Waals surface area contributed by atoms with E-state index >= 15 is 0 Å². The summed E-state index contributed by atoms with van der Waals surface area (Å²) in [5, 5.41) is 6.81. The zero-order chi connectivity index (χ0) is 14.7. The minimum atomic E-state index is -0.305.